The second-order valence-electron chi connectivity index (χ2n) is 6.35. The van der Waals surface area contributed by atoms with Gasteiger partial charge in [0.25, 0.3) is 15.9 Å². The summed E-state index contributed by atoms with van der Waals surface area (Å²) in [6, 6.07) is 8.76. The van der Waals surface area contributed by atoms with Gasteiger partial charge in [0.2, 0.25) is 0 Å². The smallest absolute Gasteiger partial charge is 0.252 e. The zero-order chi connectivity index (χ0) is 18.0. The number of carbonyl (C=O) groups is 1. The number of hydrogen-bond donors (Lipinski definition) is 1. The van der Waals surface area contributed by atoms with Crippen LogP contribution in [-0.4, -0.2) is 37.8 Å². The molecule has 1 aromatic heterocycles. The first-order chi connectivity index (χ1) is 11.9. The van der Waals surface area contributed by atoms with Gasteiger partial charge < -0.3 is 5.32 Å². The molecule has 3 rings (SSSR count). The van der Waals surface area contributed by atoms with Gasteiger partial charge in [0.1, 0.15) is 4.21 Å². The van der Waals surface area contributed by atoms with E-state index in [0.717, 1.165) is 24.0 Å². The highest BCUT2D eigenvalue weighted by Crippen LogP contribution is 2.28. The molecule has 1 fully saturated rings. The summed E-state index contributed by atoms with van der Waals surface area (Å²) in [6.45, 7) is 4.81. The molecule has 2 heterocycles. The molecule has 1 aliphatic heterocycles. The zero-order valence-corrected chi connectivity index (χ0v) is 16.0. The number of sulfonamides is 1. The summed E-state index contributed by atoms with van der Waals surface area (Å²) in [5, 5.41) is 4.66. The van der Waals surface area contributed by atoms with Crippen LogP contribution in [0.2, 0.25) is 0 Å². The van der Waals surface area contributed by atoms with Crippen LogP contribution < -0.4 is 5.32 Å². The number of aryl methyl sites for hydroxylation is 2. The van der Waals surface area contributed by atoms with Crippen molar-refractivity contribution >= 4 is 27.3 Å². The number of rotatable bonds is 5. The lowest BCUT2D eigenvalue weighted by Gasteiger charge is -2.23. The Morgan fingerprint density at radius 2 is 2.08 bits per heavy atom. The molecule has 0 bridgehead atoms. The lowest BCUT2D eigenvalue weighted by Crippen LogP contribution is -2.42. The molecule has 1 saturated heterocycles. The van der Waals surface area contributed by atoms with Gasteiger partial charge in [-0.05, 0) is 61.4 Å². The standard InChI is InChI=1S/C18H22N2O3S2/c1-13-7-8-15(11-14(13)2)18(21)19-12-16-5-3-9-20(16)25(22,23)17-6-4-10-24-17/h4,6-8,10-11,16H,3,5,9,12H2,1-2H3,(H,19,21)/t16-/m0/s1. The van der Waals surface area contributed by atoms with E-state index in [2.05, 4.69) is 5.32 Å². The summed E-state index contributed by atoms with van der Waals surface area (Å²) in [6.07, 6.45) is 1.58. The summed E-state index contributed by atoms with van der Waals surface area (Å²) in [5.41, 5.74) is 2.81. The van der Waals surface area contributed by atoms with Crippen LogP contribution in [0, 0.1) is 13.8 Å². The molecule has 0 spiro atoms. The molecule has 0 saturated carbocycles. The van der Waals surface area contributed by atoms with Gasteiger partial charge in [0, 0.05) is 24.7 Å². The molecule has 134 valence electrons. The van der Waals surface area contributed by atoms with E-state index in [4.69, 9.17) is 0 Å². The minimum Gasteiger partial charge on any atom is -0.350 e. The Hall–Kier alpha value is -1.70. The summed E-state index contributed by atoms with van der Waals surface area (Å²) in [7, 11) is -3.47. The Morgan fingerprint density at radius 1 is 1.28 bits per heavy atom. The molecular weight excluding hydrogens is 356 g/mol. The van der Waals surface area contributed by atoms with Crippen molar-refractivity contribution in [1.29, 1.82) is 0 Å². The molecular formula is C18H22N2O3S2. The van der Waals surface area contributed by atoms with E-state index >= 15 is 0 Å². The van der Waals surface area contributed by atoms with E-state index in [1.165, 1.54) is 15.6 Å². The molecule has 25 heavy (non-hydrogen) atoms. The topological polar surface area (TPSA) is 66.5 Å². The van der Waals surface area contributed by atoms with Crippen molar-refractivity contribution in [2.75, 3.05) is 13.1 Å². The Kier molecular flexibility index (Phi) is 5.27. The zero-order valence-electron chi connectivity index (χ0n) is 14.4. The van der Waals surface area contributed by atoms with Crippen molar-refractivity contribution in [3.63, 3.8) is 0 Å². The first kappa shape index (κ1) is 18.1. The van der Waals surface area contributed by atoms with Crippen LogP contribution in [0.3, 0.4) is 0 Å². The highest BCUT2D eigenvalue weighted by molar-refractivity contribution is 7.91. The quantitative estimate of drug-likeness (QED) is 0.870. The van der Waals surface area contributed by atoms with Gasteiger partial charge in [-0.15, -0.1) is 11.3 Å². The van der Waals surface area contributed by atoms with E-state index in [-0.39, 0.29) is 11.9 Å². The first-order valence-electron chi connectivity index (χ1n) is 8.30. The minimum absolute atomic E-state index is 0.163. The molecule has 0 radical (unpaired) electrons. The molecule has 1 aromatic carbocycles. The normalized spacial score (nSPS) is 18.4. The number of benzene rings is 1. The average molecular weight is 379 g/mol. The van der Waals surface area contributed by atoms with Crippen molar-refractivity contribution in [2.24, 2.45) is 0 Å². The van der Waals surface area contributed by atoms with E-state index in [9.17, 15) is 13.2 Å². The highest BCUT2D eigenvalue weighted by atomic mass is 32.2. The fraction of sp³-hybridized carbons (Fsp3) is 0.389. The third-order valence-electron chi connectivity index (χ3n) is 4.65. The predicted molar refractivity (Wildman–Crippen MR) is 99.5 cm³/mol. The number of nitrogens with one attached hydrogen (secondary N) is 1. The lowest BCUT2D eigenvalue weighted by atomic mass is 10.1. The molecule has 1 amide bonds. The van der Waals surface area contributed by atoms with Crippen LogP contribution >= 0.6 is 11.3 Å². The fourth-order valence-electron chi connectivity index (χ4n) is 3.05. The Morgan fingerprint density at radius 3 is 2.76 bits per heavy atom. The third-order valence-corrected chi connectivity index (χ3v) is 7.97. The molecule has 0 aliphatic carbocycles. The largest absolute Gasteiger partial charge is 0.350 e. The molecule has 7 heteroatoms. The van der Waals surface area contributed by atoms with Gasteiger partial charge in [-0.25, -0.2) is 8.42 Å². The van der Waals surface area contributed by atoms with E-state index in [1.807, 2.05) is 26.0 Å². The van der Waals surface area contributed by atoms with E-state index in [0.29, 0.717) is 22.9 Å². The SMILES string of the molecule is Cc1ccc(C(=O)NC[C@@H]2CCCN2S(=O)(=O)c2cccs2)cc1C. The maximum atomic E-state index is 12.7. The fourth-order valence-corrected chi connectivity index (χ4v) is 5.86. The van der Waals surface area contributed by atoms with Gasteiger partial charge in [-0.3, -0.25) is 4.79 Å². The van der Waals surface area contributed by atoms with Crippen molar-refractivity contribution < 1.29 is 13.2 Å². The summed E-state index contributed by atoms with van der Waals surface area (Å²) in [5.74, 6) is -0.163. The molecule has 1 atom stereocenters. The van der Waals surface area contributed by atoms with Gasteiger partial charge in [-0.1, -0.05) is 12.1 Å². The van der Waals surface area contributed by atoms with Gasteiger partial charge in [0.15, 0.2) is 0 Å². The van der Waals surface area contributed by atoms with Crippen molar-refractivity contribution in [1.82, 2.24) is 9.62 Å². The molecule has 1 aliphatic rings. The van der Waals surface area contributed by atoms with Crippen LogP contribution in [0.5, 0.6) is 0 Å². The van der Waals surface area contributed by atoms with Crippen LogP contribution in [0.25, 0.3) is 0 Å². The number of nitrogens with zero attached hydrogens (tertiary/aromatic N) is 1. The van der Waals surface area contributed by atoms with E-state index < -0.39 is 10.0 Å². The van der Waals surface area contributed by atoms with Crippen LogP contribution in [0.15, 0.2) is 39.9 Å². The Balaban J connectivity index is 1.68. The number of carbonyl (C=O) groups excluding carboxylic acids is 1. The van der Waals surface area contributed by atoms with Crippen molar-refractivity contribution in [2.45, 2.75) is 36.9 Å². The van der Waals surface area contributed by atoms with Crippen LogP contribution in [0.4, 0.5) is 0 Å². The number of thiophene rings is 1. The molecule has 2 aromatic rings. The maximum Gasteiger partial charge on any atom is 0.252 e. The Bertz CT molecular complexity index is 860. The molecule has 5 nitrogen and oxygen atoms in total. The monoisotopic (exact) mass is 378 g/mol. The highest BCUT2D eigenvalue weighted by Gasteiger charge is 2.35. The van der Waals surface area contributed by atoms with E-state index in [1.54, 1.807) is 23.6 Å². The number of amides is 1. The summed E-state index contributed by atoms with van der Waals surface area (Å²) >= 11 is 1.23. The Labute approximate surface area is 152 Å². The minimum atomic E-state index is -3.47. The maximum absolute atomic E-state index is 12.7. The summed E-state index contributed by atoms with van der Waals surface area (Å²) in [4.78, 5) is 12.4. The second-order valence-corrected chi connectivity index (χ2v) is 9.42. The second kappa shape index (κ2) is 7.27. The van der Waals surface area contributed by atoms with Gasteiger partial charge in [-0.2, -0.15) is 4.31 Å². The first-order valence-corrected chi connectivity index (χ1v) is 10.6. The summed E-state index contributed by atoms with van der Waals surface area (Å²) < 4.78 is 27.3. The lowest BCUT2D eigenvalue weighted by molar-refractivity contribution is 0.0946. The molecule has 1 N–H and O–H groups in total. The van der Waals surface area contributed by atoms with Crippen molar-refractivity contribution in [3.05, 3.63) is 52.4 Å². The van der Waals surface area contributed by atoms with Gasteiger partial charge >= 0.3 is 0 Å². The third kappa shape index (κ3) is 3.78. The van der Waals surface area contributed by atoms with Gasteiger partial charge in [0.05, 0.1) is 0 Å². The van der Waals surface area contributed by atoms with Crippen LogP contribution in [-0.2, 0) is 10.0 Å². The predicted octanol–water partition coefficient (Wildman–Crippen LogP) is 2.95. The average Bonchev–Trinajstić information content (AvgIpc) is 3.27. The number of hydrogen-bond acceptors (Lipinski definition) is 4. The van der Waals surface area contributed by atoms with Crippen molar-refractivity contribution in [3.8, 4) is 0 Å². The molecule has 0 unspecified atom stereocenters. The van der Waals surface area contributed by atoms with Crippen LogP contribution in [0.1, 0.15) is 34.3 Å².